The molecule has 0 bridgehead atoms. The van der Waals surface area contributed by atoms with Gasteiger partial charge < -0.3 is 0 Å². The normalized spacial score (nSPS) is 11.5. The van der Waals surface area contributed by atoms with Gasteiger partial charge >= 0.3 is 0 Å². The van der Waals surface area contributed by atoms with E-state index in [2.05, 4.69) is 27.4 Å². The summed E-state index contributed by atoms with van der Waals surface area (Å²) in [5.41, 5.74) is 0.455. The van der Waals surface area contributed by atoms with Crippen LogP contribution in [0.1, 0.15) is 46.0 Å². The Balaban J connectivity index is 3.45. The van der Waals surface area contributed by atoms with Crippen LogP contribution in [-0.2, 0) is 0 Å². The van der Waals surface area contributed by atoms with Gasteiger partial charge in [0.25, 0.3) is 0 Å². The molecule has 0 aliphatic rings. The van der Waals surface area contributed by atoms with Crippen LogP contribution < -0.4 is 0 Å². The Morgan fingerprint density at radius 2 is 1.91 bits per heavy atom. The van der Waals surface area contributed by atoms with E-state index >= 15 is 0 Å². The van der Waals surface area contributed by atoms with Crippen molar-refractivity contribution in [2.45, 2.75) is 46.0 Å². The molecule has 0 spiro atoms. The quantitative estimate of drug-likeness (QED) is 0.400. The summed E-state index contributed by atoms with van der Waals surface area (Å²) in [4.78, 5) is 0. The molecule has 0 N–H and O–H groups in total. The van der Waals surface area contributed by atoms with E-state index in [-0.39, 0.29) is 0 Å². The molecule has 0 nitrogen and oxygen atoms in total. The average Bonchev–Trinajstić information content (AvgIpc) is 1.87. The Bertz CT molecular complexity index is 101. The summed E-state index contributed by atoms with van der Waals surface area (Å²) in [6.45, 7) is 12.2. The molecule has 0 aromatic rings. The molecule has 0 amide bonds. The fourth-order valence-corrected chi connectivity index (χ4v) is 1.27. The molecule has 0 saturated carbocycles. The van der Waals surface area contributed by atoms with Gasteiger partial charge in [0.15, 0.2) is 0 Å². The van der Waals surface area contributed by atoms with Crippen LogP contribution in [-0.4, -0.2) is 0 Å². The molecule has 0 aromatic carbocycles. The lowest BCUT2D eigenvalue weighted by Crippen LogP contribution is -2.09. The molecule has 0 rings (SSSR count). The van der Waals surface area contributed by atoms with Crippen molar-refractivity contribution in [1.29, 1.82) is 0 Å². The van der Waals surface area contributed by atoms with Crippen LogP contribution in [0.4, 0.5) is 0 Å². The Morgan fingerprint density at radius 3 is 2.36 bits per heavy atom. The Labute approximate surface area is 71.7 Å². The van der Waals surface area contributed by atoms with Gasteiger partial charge in [-0.25, -0.2) is 0 Å². The van der Waals surface area contributed by atoms with Gasteiger partial charge in [0.2, 0.25) is 0 Å². The second-order valence-electron chi connectivity index (χ2n) is 3.97. The molecule has 1 radical (unpaired) electrons. The van der Waals surface area contributed by atoms with Crippen molar-refractivity contribution in [3.05, 3.63) is 19.6 Å². The highest BCUT2D eigenvalue weighted by molar-refractivity contribution is 4.79. The van der Waals surface area contributed by atoms with E-state index in [1.807, 2.05) is 6.08 Å². The first-order chi connectivity index (χ1) is 5.12. The molecule has 0 aliphatic heterocycles. The van der Waals surface area contributed by atoms with E-state index in [1.54, 1.807) is 0 Å². The molecule has 65 valence electrons. The van der Waals surface area contributed by atoms with Crippen LogP contribution in [0, 0.1) is 12.3 Å². The van der Waals surface area contributed by atoms with E-state index in [0.29, 0.717) is 5.41 Å². The lowest BCUT2D eigenvalue weighted by molar-refractivity contribution is 0.326. The second kappa shape index (κ2) is 5.40. The number of hydrogen-bond donors (Lipinski definition) is 0. The van der Waals surface area contributed by atoms with Crippen molar-refractivity contribution < 1.29 is 0 Å². The van der Waals surface area contributed by atoms with E-state index < -0.39 is 0 Å². The zero-order valence-electron chi connectivity index (χ0n) is 8.03. The number of allylic oxidation sites excluding steroid dienone is 1. The third kappa shape index (κ3) is 6.15. The van der Waals surface area contributed by atoms with Gasteiger partial charge in [0.1, 0.15) is 0 Å². The summed E-state index contributed by atoms with van der Waals surface area (Å²) >= 11 is 0. The molecule has 0 fully saturated rings. The lowest BCUT2D eigenvalue weighted by Gasteiger charge is -2.22. The lowest BCUT2D eigenvalue weighted by atomic mass is 9.84. The maximum absolute atomic E-state index is 3.83. The van der Waals surface area contributed by atoms with Crippen molar-refractivity contribution in [3.63, 3.8) is 0 Å². The average molecular weight is 153 g/mol. The standard InChI is InChI=1S/C11H21/c1-5-7-8-10-11(3,4)9-6-2/h6H,1-2,5,7-10H2,3-4H3. The monoisotopic (exact) mass is 153 g/mol. The molecule has 0 aliphatic carbocycles. The Morgan fingerprint density at radius 1 is 1.27 bits per heavy atom. The number of unbranched alkanes of at least 4 members (excludes halogenated alkanes) is 2. The molecule has 0 heterocycles. The van der Waals surface area contributed by atoms with E-state index in [1.165, 1.54) is 19.3 Å². The number of hydrogen-bond acceptors (Lipinski definition) is 0. The molecular weight excluding hydrogens is 132 g/mol. The molecule has 0 saturated heterocycles. The summed E-state index contributed by atoms with van der Waals surface area (Å²) in [6.07, 6.45) is 8.10. The van der Waals surface area contributed by atoms with Gasteiger partial charge in [-0.3, -0.25) is 0 Å². The summed E-state index contributed by atoms with van der Waals surface area (Å²) in [7, 11) is 0. The first-order valence-electron chi connectivity index (χ1n) is 4.52. The van der Waals surface area contributed by atoms with Gasteiger partial charge in [0, 0.05) is 0 Å². The molecular formula is C11H21. The van der Waals surface area contributed by atoms with Gasteiger partial charge in [-0.1, -0.05) is 46.1 Å². The predicted octanol–water partition coefficient (Wildman–Crippen LogP) is 3.98. The van der Waals surface area contributed by atoms with Crippen molar-refractivity contribution in [2.75, 3.05) is 0 Å². The third-order valence-electron chi connectivity index (χ3n) is 2.05. The van der Waals surface area contributed by atoms with Crippen LogP contribution in [0.3, 0.4) is 0 Å². The van der Waals surface area contributed by atoms with E-state index in [9.17, 15) is 0 Å². The van der Waals surface area contributed by atoms with E-state index in [0.717, 1.165) is 12.8 Å². The Kier molecular flexibility index (Phi) is 5.27. The van der Waals surface area contributed by atoms with Gasteiger partial charge in [-0.05, 0) is 18.3 Å². The minimum atomic E-state index is 0.455. The van der Waals surface area contributed by atoms with Crippen molar-refractivity contribution >= 4 is 0 Å². The largest absolute Gasteiger partial charge is 0.103 e. The summed E-state index contributed by atoms with van der Waals surface area (Å²) in [5, 5.41) is 0. The topological polar surface area (TPSA) is 0 Å². The van der Waals surface area contributed by atoms with Crippen molar-refractivity contribution in [2.24, 2.45) is 5.41 Å². The number of rotatable bonds is 6. The fraction of sp³-hybridized carbons (Fsp3) is 0.727. The van der Waals surface area contributed by atoms with Gasteiger partial charge in [-0.15, -0.1) is 6.58 Å². The molecule has 0 unspecified atom stereocenters. The smallest absolute Gasteiger partial charge is 0.0302 e. The van der Waals surface area contributed by atoms with Crippen LogP contribution in [0.15, 0.2) is 12.7 Å². The zero-order valence-corrected chi connectivity index (χ0v) is 8.03. The fourth-order valence-electron chi connectivity index (χ4n) is 1.27. The predicted molar refractivity (Wildman–Crippen MR) is 52.4 cm³/mol. The zero-order chi connectivity index (χ0) is 8.74. The maximum Gasteiger partial charge on any atom is -0.0302 e. The second-order valence-corrected chi connectivity index (χ2v) is 3.97. The molecule has 11 heavy (non-hydrogen) atoms. The minimum Gasteiger partial charge on any atom is -0.103 e. The van der Waals surface area contributed by atoms with Crippen molar-refractivity contribution in [3.8, 4) is 0 Å². The first-order valence-corrected chi connectivity index (χ1v) is 4.52. The minimum absolute atomic E-state index is 0.455. The highest BCUT2D eigenvalue weighted by atomic mass is 14.2. The summed E-state index contributed by atoms with van der Waals surface area (Å²) in [5.74, 6) is 0. The SMILES string of the molecule is [CH2]CCCCC(C)(C)CC=C. The highest BCUT2D eigenvalue weighted by Gasteiger charge is 2.14. The van der Waals surface area contributed by atoms with Crippen LogP contribution in [0.25, 0.3) is 0 Å². The van der Waals surface area contributed by atoms with Crippen molar-refractivity contribution in [1.82, 2.24) is 0 Å². The maximum atomic E-state index is 3.83. The highest BCUT2D eigenvalue weighted by Crippen LogP contribution is 2.27. The van der Waals surface area contributed by atoms with Crippen LogP contribution >= 0.6 is 0 Å². The molecule has 0 atom stereocenters. The Hall–Kier alpha value is -0.260. The van der Waals surface area contributed by atoms with Gasteiger partial charge in [0.05, 0.1) is 0 Å². The molecule has 0 heteroatoms. The van der Waals surface area contributed by atoms with Crippen LogP contribution in [0.2, 0.25) is 0 Å². The van der Waals surface area contributed by atoms with Gasteiger partial charge in [-0.2, -0.15) is 0 Å². The molecule has 0 aromatic heterocycles. The van der Waals surface area contributed by atoms with Crippen LogP contribution in [0.5, 0.6) is 0 Å². The first kappa shape index (κ1) is 10.7. The van der Waals surface area contributed by atoms with E-state index in [4.69, 9.17) is 0 Å². The summed E-state index contributed by atoms with van der Waals surface area (Å²) < 4.78 is 0. The summed E-state index contributed by atoms with van der Waals surface area (Å²) in [6, 6.07) is 0. The third-order valence-corrected chi connectivity index (χ3v) is 2.05.